The van der Waals surface area contributed by atoms with E-state index in [2.05, 4.69) is 254 Å². The Morgan fingerprint density at radius 1 is 0.230 bits per heavy atom. The summed E-state index contributed by atoms with van der Waals surface area (Å²) >= 11 is 0. The molecule has 0 aliphatic rings. The van der Waals surface area contributed by atoms with Gasteiger partial charge in [0.2, 0.25) is 0 Å². The van der Waals surface area contributed by atoms with Crippen LogP contribution in [-0.4, -0.2) is 0 Å². The van der Waals surface area contributed by atoms with Crippen LogP contribution in [-0.2, 0) is 0 Å². The van der Waals surface area contributed by atoms with E-state index >= 15 is 0 Å². The smallest absolute Gasteiger partial charge is 0.0546 e. The van der Waals surface area contributed by atoms with Gasteiger partial charge in [-0.2, -0.15) is 0 Å². The minimum absolute atomic E-state index is 1.08. The Balaban J connectivity index is 1.27. The summed E-state index contributed by atoms with van der Waals surface area (Å²) in [4.78, 5) is 2.50. The molecule has 0 bridgehead atoms. The highest BCUT2D eigenvalue weighted by Crippen LogP contribution is 2.52. The van der Waals surface area contributed by atoms with Crippen LogP contribution in [0, 0.1) is 0 Å². The van der Waals surface area contributed by atoms with Crippen molar-refractivity contribution < 1.29 is 0 Å². The topological polar surface area (TPSA) is 3.24 Å². The first-order valence-corrected chi connectivity index (χ1v) is 21.0. The molecular weight excluding hydrogens is 735 g/mol. The molecule has 0 amide bonds. The highest BCUT2D eigenvalue weighted by atomic mass is 15.1. The first kappa shape index (κ1) is 36.1. The second kappa shape index (κ2) is 15.6. The molecule has 0 N–H and O–H groups in total. The molecule has 286 valence electrons. The van der Waals surface area contributed by atoms with E-state index in [4.69, 9.17) is 0 Å². The Morgan fingerprint density at radius 2 is 0.672 bits per heavy atom. The van der Waals surface area contributed by atoms with Gasteiger partial charge in [0.15, 0.2) is 0 Å². The molecule has 0 saturated carbocycles. The van der Waals surface area contributed by atoms with Crippen molar-refractivity contribution in [3.63, 3.8) is 0 Å². The number of fused-ring (bicyclic) bond motifs is 4. The molecule has 61 heavy (non-hydrogen) atoms. The number of anilines is 3. The molecule has 1 heteroatoms. The van der Waals surface area contributed by atoms with Crippen LogP contribution in [0.4, 0.5) is 17.1 Å². The average molecular weight is 776 g/mol. The normalized spacial score (nSPS) is 11.3. The highest BCUT2D eigenvalue weighted by Gasteiger charge is 2.27. The Hall–Kier alpha value is -8.00. The van der Waals surface area contributed by atoms with Crippen molar-refractivity contribution in [1.29, 1.82) is 0 Å². The Bertz CT molecular complexity index is 3320. The third-order valence-corrected chi connectivity index (χ3v) is 12.1. The van der Waals surface area contributed by atoms with Gasteiger partial charge < -0.3 is 4.90 Å². The lowest BCUT2D eigenvalue weighted by Gasteiger charge is -2.32. The molecule has 0 unspecified atom stereocenters. The summed E-state index contributed by atoms with van der Waals surface area (Å²) in [6.07, 6.45) is 0. The lowest BCUT2D eigenvalue weighted by atomic mass is 9.83. The maximum absolute atomic E-state index is 2.50. The SMILES string of the molecule is c1ccc(-c2ccc(N(c3ccc(-c4cccc5ccc6ccccc6c45)c(-c4ccccc4)c3-c3ccccc3)c3ccc4ccccc4c3-c3ccccc3)cc2)cc1. The van der Waals surface area contributed by atoms with Gasteiger partial charge >= 0.3 is 0 Å². The summed E-state index contributed by atoms with van der Waals surface area (Å²) in [7, 11) is 0. The first-order valence-electron chi connectivity index (χ1n) is 21.0. The van der Waals surface area contributed by atoms with Crippen molar-refractivity contribution in [2.75, 3.05) is 4.90 Å². The molecule has 0 aromatic heterocycles. The zero-order valence-corrected chi connectivity index (χ0v) is 33.6. The average Bonchev–Trinajstić information content (AvgIpc) is 3.35. The van der Waals surface area contributed by atoms with E-state index in [1.807, 2.05) is 0 Å². The molecule has 0 radical (unpaired) electrons. The minimum atomic E-state index is 1.08. The maximum atomic E-state index is 2.50. The molecule has 11 aromatic carbocycles. The zero-order chi connectivity index (χ0) is 40.5. The fourth-order valence-electron chi connectivity index (χ4n) is 9.28. The second-order valence-electron chi connectivity index (χ2n) is 15.6. The van der Waals surface area contributed by atoms with Crippen LogP contribution in [0.2, 0.25) is 0 Å². The summed E-state index contributed by atoms with van der Waals surface area (Å²) in [5.74, 6) is 0. The van der Waals surface area contributed by atoms with E-state index in [-0.39, 0.29) is 0 Å². The first-order chi connectivity index (χ1) is 30.3. The quantitative estimate of drug-likeness (QED) is 0.139. The van der Waals surface area contributed by atoms with Crippen molar-refractivity contribution in [2.24, 2.45) is 0 Å². The number of hydrogen-bond acceptors (Lipinski definition) is 1. The van der Waals surface area contributed by atoms with Crippen LogP contribution in [0.15, 0.2) is 249 Å². The fourth-order valence-corrected chi connectivity index (χ4v) is 9.28. The molecule has 0 aliphatic carbocycles. The summed E-state index contributed by atoms with van der Waals surface area (Å²) in [5, 5.41) is 7.39. The third kappa shape index (κ3) is 6.54. The standard InChI is InChI=1S/C60H41N/c1-5-18-42(19-6-1)43-34-37-50(38-35-43)61(55-40-36-45-21-14-16-30-52(45)58(55)46-22-7-2-8-23-46)56-41-39-54(53-31-17-28-49-33-32-44-20-13-15-29-51(44)57(49)53)59(47-24-9-3-10-25-47)60(56)48-26-11-4-12-27-48/h1-41H. The van der Waals surface area contributed by atoms with Gasteiger partial charge in [0.25, 0.3) is 0 Å². The molecule has 0 fully saturated rings. The number of benzene rings is 11. The largest absolute Gasteiger partial charge is 0.309 e. The van der Waals surface area contributed by atoms with Crippen LogP contribution in [0.3, 0.4) is 0 Å². The van der Waals surface area contributed by atoms with Crippen molar-refractivity contribution in [1.82, 2.24) is 0 Å². The Labute approximate surface area is 357 Å². The Morgan fingerprint density at radius 3 is 1.33 bits per heavy atom. The highest BCUT2D eigenvalue weighted by molar-refractivity contribution is 6.17. The molecule has 1 nitrogen and oxygen atoms in total. The van der Waals surface area contributed by atoms with Gasteiger partial charge in [0.05, 0.1) is 11.4 Å². The van der Waals surface area contributed by atoms with E-state index in [1.165, 1.54) is 76.8 Å². The summed E-state index contributed by atoms with van der Waals surface area (Å²) in [6, 6.07) is 90.7. The van der Waals surface area contributed by atoms with Crippen LogP contribution in [0.1, 0.15) is 0 Å². The second-order valence-corrected chi connectivity index (χ2v) is 15.6. The fraction of sp³-hybridized carbons (Fsp3) is 0. The van der Waals surface area contributed by atoms with Gasteiger partial charge in [0.1, 0.15) is 0 Å². The molecular formula is C60H41N. The van der Waals surface area contributed by atoms with Crippen LogP contribution < -0.4 is 4.90 Å². The van der Waals surface area contributed by atoms with Crippen LogP contribution >= 0.6 is 0 Å². The number of rotatable bonds is 8. The van der Waals surface area contributed by atoms with Gasteiger partial charge in [0, 0.05) is 16.8 Å². The molecule has 0 aliphatic heterocycles. The number of hydrogen-bond donors (Lipinski definition) is 0. The van der Waals surface area contributed by atoms with E-state index in [1.54, 1.807) is 0 Å². The predicted octanol–water partition coefficient (Wildman–Crippen LogP) is 17.0. The van der Waals surface area contributed by atoms with Crippen LogP contribution in [0.25, 0.3) is 88.0 Å². The molecule has 11 rings (SSSR count). The van der Waals surface area contributed by atoms with E-state index in [0.717, 1.165) is 28.2 Å². The van der Waals surface area contributed by atoms with Crippen molar-refractivity contribution >= 4 is 49.4 Å². The van der Waals surface area contributed by atoms with Crippen molar-refractivity contribution in [3.05, 3.63) is 249 Å². The van der Waals surface area contributed by atoms with Crippen LogP contribution in [0.5, 0.6) is 0 Å². The zero-order valence-electron chi connectivity index (χ0n) is 33.6. The van der Waals surface area contributed by atoms with Gasteiger partial charge in [-0.25, -0.2) is 0 Å². The summed E-state index contributed by atoms with van der Waals surface area (Å²) < 4.78 is 0. The van der Waals surface area contributed by atoms with E-state index in [0.29, 0.717) is 0 Å². The summed E-state index contributed by atoms with van der Waals surface area (Å²) in [6.45, 7) is 0. The monoisotopic (exact) mass is 775 g/mol. The predicted molar refractivity (Wildman–Crippen MR) is 261 cm³/mol. The van der Waals surface area contributed by atoms with Gasteiger partial charge in [-0.15, -0.1) is 0 Å². The maximum Gasteiger partial charge on any atom is 0.0546 e. The van der Waals surface area contributed by atoms with E-state index < -0.39 is 0 Å². The molecule has 0 atom stereocenters. The van der Waals surface area contributed by atoms with Gasteiger partial charge in [-0.3, -0.25) is 0 Å². The lowest BCUT2D eigenvalue weighted by Crippen LogP contribution is -2.13. The third-order valence-electron chi connectivity index (χ3n) is 12.1. The molecule has 0 spiro atoms. The van der Waals surface area contributed by atoms with Gasteiger partial charge in [-0.05, 0) is 101 Å². The summed E-state index contributed by atoms with van der Waals surface area (Å²) in [5.41, 5.74) is 15.1. The van der Waals surface area contributed by atoms with Crippen molar-refractivity contribution in [2.45, 2.75) is 0 Å². The molecule has 0 saturated heterocycles. The molecule has 0 heterocycles. The Kier molecular flexibility index (Phi) is 9.26. The van der Waals surface area contributed by atoms with E-state index in [9.17, 15) is 0 Å². The number of nitrogens with zero attached hydrogens (tertiary/aromatic N) is 1. The lowest BCUT2D eigenvalue weighted by molar-refractivity contribution is 1.29. The minimum Gasteiger partial charge on any atom is -0.309 e. The van der Waals surface area contributed by atoms with Gasteiger partial charge in [-0.1, -0.05) is 224 Å². The van der Waals surface area contributed by atoms with Crippen molar-refractivity contribution in [3.8, 4) is 55.6 Å². The molecule has 11 aromatic rings.